The summed E-state index contributed by atoms with van der Waals surface area (Å²) < 4.78 is 6.65. The van der Waals surface area contributed by atoms with Crippen LogP contribution in [0.4, 0.5) is 0 Å². The number of allylic oxidation sites excluding steroid dienone is 8. The molecule has 0 saturated carbocycles. The van der Waals surface area contributed by atoms with Crippen LogP contribution in [0.15, 0.2) is 58.2 Å². The minimum Gasteiger partial charge on any atom is -0.551 e. The molecular weight excluding hydrogens is 291 g/mol. The summed E-state index contributed by atoms with van der Waals surface area (Å²) in [6.45, 7) is 0.177. The molecule has 0 atom stereocenters. The van der Waals surface area contributed by atoms with E-state index in [0.29, 0.717) is 0 Å². The third kappa shape index (κ3) is 3.48. The van der Waals surface area contributed by atoms with Crippen molar-refractivity contribution in [1.82, 2.24) is 0 Å². The van der Waals surface area contributed by atoms with E-state index in [9.17, 15) is 0 Å². The molecule has 0 bridgehead atoms. The summed E-state index contributed by atoms with van der Waals surface area (Å²) in [4.78, 5) is 0. The van der Waals surface area contributed by atoms with E-state index in [4.69, 9.17) is 4.65 Å². The Labute approximate surface area is 147 Å². The van der Waals surface area contributed by atoms with Gasteiger partial charge in [-0.2, -0.15) is 0 Å². The molecule has 0 radical (unpaired) electrons. The Kier molecular flexibility index (Phi) is 5.11. The molecule has 0 fully saturated rings. The highest BCUT2D eigenvalue weighted by Crippen LogP contribution is 2.37. The minimum atomic E-state index is 0.177. The van der Waals surface area contributed by atoms with Crippen molar-refractivity contribution in [1.29, 1.82) is 0 Å². The molecule has 0 spiro atoms. The Morgan fingerprint density at radius 2 is 1.38 bits per heavy atom. The molecule has 0 unspecified atom stereocenters. The van der Waals surface area contributed by atoms with Gasteiger partial charge in [0.1, 0.15) is 5.76 Å². The molecule has 0 aromatic rings. The van der Waals surface area contributed by atoms with Crippen LogP contribution < -0.4 is 0 Å². The van der Waals surface area contributed by atoms with E-state index >= 15 is 0 Å². The molecule has 4 aliphatic rings. The van der Waals surface area contributed by atoms with Gasteiger partial charge in [-0.15, -0.1) is 0 Å². The molecule has 2 heteroatoms. The third-order valence-electron chi connectivity index (χ3n) is 5.84. The van der Waals surface area contributed by atoms with Crippen molar-refractivity contribution in [2.75, 3.05) is 0 Å². The van der Waals surface area contributed by atoms with E-state index in [2.05, 4.69) is 30.3 Å². The molecule has 1 heterocycles. The summed E-state index contributed by atoms with van der Waals surface area (Å²) in [5.41, 5.74) is 5.88. The Morgan fingerprint density at radius 1 is 0.708 bits per heavy atom. The van der Waals surface area contributed by atoms with Gasteiger partial charge in [0.05, 0.1) is 0 Å². The van der Waals surface area contributed by atoms with E-state index in [1.54, 1.807) is 0 Å². The first-order chi connectivity index (χ1) is 11.9. The lowest BCUT2D eigenvalue weighted by molar-refractivity contribution is 0.435. The van der Waals surface area contributed by atoms with E-state index in [1.807, 2.05) is 0 Å². The van der Waals surface area contributed by atoms with Crippen LogP contribution >= 0.6 is 0 Å². The lowest BCUT2D eigenvalue weighted by Gasteiger charge is -2.29. The fraction of sp³-hybridized carbons (Fsp3) is 0.545. The monoisotopic (exact) mass is 320 g/mol. The highest BCUT2D eigenvalue weighted by atomic mass is 16.4. The fourth-order valence-corrected chi connectivity index (χ4v) is 4.44. The van der Waals surface area contributed by atoms with E-state index in [0.717, 1.165) is 0 Å². The lowest BCUT2D eigenvalue weighted by Crippen LogP contribution is -2.25. The maximum atomic E-state index is 6.65. The summed E-state index contributed by atoms with van der Waals surface area (Å²) >= 11 is 0. The first-order valence-corrected chi connectivity index (χ1v) is 10.1. The van der Waals surface area contributed by atoms with Crippen LogP contribution in [-0.4, -0.2) is 6.92 Å². The standard InChI is InChI=1S/C22H29BO/c1-4-10-18(11-5-1)21-16-17-23(20-14-8-3-9-15-20)24-22(21)19-12-6-2-7-13-19/h10,12,14,16-17H,1-9,11,13,15H2. The minimum absolute atomic E-state index is 0.177. The SMILES string of the molecule is C1=CC(C2=CCCCC2)=C(C2=CCCCC2)OB1C1=CCCCC1. The van der Waals surface area contributed by atoms with Crippen molar-refractivity contribution in [2.24, 2.45) is 0 Å². The topological polar surface area (TPSA) is 9.23 Å². The van der Waals surface area contributed by atoms with Crippen molar-refractivity contribution >= 4 is 6.92 Å². The predicted octanol–water partition coefficient (Wildman–Crippen LogP) is 6.40. The quantitative estimate of drug-likeness (QED) is 0.547. The molecule has 0 aromatic heterocycles. The van der Waals surface area contributed by atoms with Crippen LogP contribution in [0.1, 0.15) is 77.0 Å². The zero-order valence-corrected chi connectivity index (χ0v) is 14.9. The molecule has 1 nitrogen and oxygen atoms in total. The first kappa shape index (κ1) is 16.1. The van der Waals surface area contributed by atoms with Gasteiger partial charge in [-0.05, 0) is 88.2 Å². The van der Waals surface area contributed by atoms with Crippen LogP contribution in [0.3, 0.4) is 0 Å². The second-order valence-corrected chi connectivity index (χ2v) is 7.62. The largest absolute Gasteiger partial charge is 0.551 e. The second-order valence-electron chi connectivity index (χ2n) is 7.62. The Bertz CT molecular complexity index is 632. The maximum Gasteiger partial charge on any atom is 0.414 e. The molecule has 0 saturated heterocycles. The van der Waals surface area contributed by atoms with Crippen molar-refractivity contribution in [3.8, 4) is 0 Å². The van der Waals surface area contributed by atoms with Crippen molar-refractivity contribution < 1.29 is 4.65 Å². The van der Waals surface area contributed by atoms with Crippen LogP contribution in [-0.2, 0) is 4.65 Å². The maximum absolute atomic E-state index is 6.65. The van der Waals surface area contributed by atoms with Crippen molar-refractivity contribution in [2.45, 2.75) is 77.0 Å². The van der Waals surface area contributed by atoms with Gasteiger partial charge in [-0.1, -0.05) is 35.8 Å². The molecule has 24 heavy (non-hydrogen) atoms. The van der Waals surface area contributed by atoms with Gasteiger partial charge in [0.2, 0.25) is 0 Å². The second kappa shape index (κ2) is 7.63. The number of rotatable bonds is 3. The van der Waals surface area contributed by atoms with Gasteiger partial charge >= 0.3 is 6.92 Å². The average Bonchev–Trinajstić information content (AvgIpc) is 2.69. The van der Waals surface area contributed by atoms with E-state index in [-0.39, 0.29) is 6.92 Å². The summed E-state index contributed by atoms with van der Waals surface area (Å²) in [5, 5.41) is 0. The predicted molar refractivity (Wildman–Crippen MR) is 103 cm³/mol. The zero-order valence-electron chi connectivity index (χ0n) is 14.9. The van der Waals surface area contributed by atoms with Gasteiger partial charge in [0.25, 0.3) is 0 Å². The van der Waals surface area contributed by atoms with Gasteiger partial charge in [-0.25, -0.2) is 0 Å². The average molecular weight is 320 g/mol. The van der Waals surface area contributed by atoms with Crippen LogP contribution in [0.5, 0.6) is 0 Å². The van der Waals surface area contributed by atoms with Gasteiger partial charge < -0.3 is 4.65 Å². The number of hydrogen-bond donors (Lipinski definition) is 0. The normalized spacial score (nSPS) is 25.0. The van der Waals surface area contributed by atoms with Crippen LogP contribution in [0.25, 0.3) is 0 Å². The first-order valence-electron chi connectivity index (χ1n) is 10.1. The Morgan fingerprint density at radius 3 is 2.00 bits per heavy atom. The molecule has 3 aliphatic carbocycles. The summed E-state index contributed by atoms with van der Waals surface area (Å²) in [6.07, 6.45) is 24.9. The van der Waals surface area contributed by atoms with E-state index in [1.165, 1.54) is 105 Å². The summed E-state index contributed by atoms with van der Waals surface area (Å²) in [5.74, 6) is 3.52. The smallest absolute Gasteiger partial charge is 0.414 e. The fourth-order valence-electron chi connectivity index (χ4n) is 4.44. The highest BCUT2D eigenvalue weighted by molar-refractivity contribution is 6.66. The third-order valence-corrected chi connectivity index (χ3v) is 5.84. The molecule has 4 rings (SSSR count). The molecule has 1 aliphatic heterocycles. The number of hydrogen-bond acceptors (Lipinski definition) is 1. The van der Waals surface area contributed by atoms with E-state index < -0.39 is 0 Å². The molecular formula is C22H29BO. The molecule has 0 aromatic carbocycles. The molecule has 0 amide bonds. The lowest BCUT2D eigenvalue weighted by atomic mass is 9.56. The van der Waals surface area contributed by atoms with Gasteiger partial charge in [0.15, 0.2) is 0 Å². The van der Waals surface area contributed by atoms with Crippen LogP contribution in [0, 0.1) is 0 Å². The molecule has 0 N–H and O–H groups in total. The zero-order chi connectivity index (χ0) is 16.2. The van der Waals surface area contributed by atoms with Crippen LogP contribution in [0.2, 0.25) is 0 Å². The molecule has 126 valence electrons. The summed E-state index contributed by atoms with van der Waals surface area (Å²) in [7, 11) is 0. The van der Waals surface area contributed by atoms with Crippen molar-refractivity contribution in [3.63, 3.8) is 0 Å². The summed E-state index contributed by atoms with van der Waals surface area (Å²) in [6, 6.07) is 0. The Balaban J connectivity index is 1.66. The highest BCUT2D eigenvalue weighted by Gasteiger charge is 2.29. The van der Waals surface area contributed by atoms with Gasteiger partial charge in [0, 0.05) is 5.57 Å². The Hall–Kier alpha value is -1.44. The van der Waals surface area contributed by atoms with Gasteiger partial charge in [-0.3, -0.25) is 0 Å². The van der Waals surface area contributed by atoms with Crippen molar-refractivity contribution in [3.05, 3.63) is 58.2 Å².